The zero-order valence-corrected chi connectivity index (χ0v) is 51.5. The van der Waals surface area contributed by atoms with Crippen LogP contribution < -0.4 is 0 Å². The molecule has 0 rings (SSSR count). The Morgan fingerprint density at radius 2 is 0.487 bits per heavy atom. The fourth-order valence-electron chi connectivity index (χ4n) is 8.38. The van der Waals surface area contributed by atoms with E-state index < -0.39 is 6.10 Å². The van der Waals surface area contributed by atoms with Crippen LogP contribution in [0.4, 0.5) is 0 Å². The first-order valence-corrected chi connectivity index (χ1v) is 32.5. The van der Waals surface area contributed by atoms with Crippen molar-refractivity contribution in [3.8, 4) is 0 Å². The Balaban J connectivity index is 4.41. The van der Waals surface area contributed by atoms with Crippen LogP contribution in [-0.4, -0.2) is 37.2 Å². The highest BCUT2D eigenvalue weighted by Gasteiger charge is 2.19. The quantitative estimate of drug-likeness (QED) is 0.0261. The Bertz CT molecular complexity index is 1790. The molecule has 0 spiro atoms. The summed E-state index contributed by atoms with van der Waals surface area (Å²) in [5.74, 6) is -0.978. The van der Waals surface area contributed by atoms with Crippen LogP contribution in [0.5, 0.6) is 0 Å². The highest BCUT2D eigenvalue weighted by molar-refractivity contribution is 5.71. The number of allylic oxidation sites excluding steroid dienone is 26. The summed E-state index contributed by atoms with van der Waals surface area (Å²) in [5, 5.41) is 0. The van der Waals surface area contributed by atoms with Gasteiger partial charge in [0.05, 0.1) is 0 Å². The van der Waals surface area contributed by atoms with Crippen molar-refractivity contribution in [2.45, 2.75) is 277 Å². The Morgan fingerprint density at radius 1 is 0.263 bits per heavy atom. The predicted octanol–water partition coefficient (Wildman–Crippen LogP) is 22.5. The van der Waals surface area contributed by atoms with E-state index >= 15 is 0 Å². The molecule has 0 amide bonds. The molecule has 80 heavy (non-hydrogen) atoms. The summed E-state index contributed by atoms with van der Waals surface area (Å²) in [7, 11) is 0. The van der Waals surface area contributed by atoms with Crippen molar-refractivity contribution in [2.24, 2.45) is 0 Å². The molecule has 6 heteroatoms. The summed E-state index contributed by atoms with van der Waals surface area (Å²) >= 11 is 0. The second-order valence-corrected chi connectivity index (χ2v) is 20.9. The van der Waals surface area contributed by atoms with Crippen molar-refractivity contribution in [1.82, 2.24) is 0 Å². The van der Waals surface area contributed by atoms with Crippen molar-refractivity contribution in [3.05, 3.63) is 158 Å². The molecule has 0 bridgehead atoms. The fraction of sp³-hybridized carbons (Fsp3) is 0.608. The molecule has 0 aromatic rings. The van der Waals surface area contributed by atoms with Crippen molar-refractivity contribution >= 4 is 17.9 Å². The smallest absolute Gasteiger partial charge is 0.306 e. The average Bonchev–Trinajstić information content (AvgIpc) is 3.46. The van der Waals surface area contributed by atoms with Gasteiger partial charge in [-0.2, -0.15) is 0 Å². The molecule has 0 aliphatic heterocycles. The first-order valence-electron chi connectivity index (χ1n) is 32.5. The Labute approximate surface area is 492 Å². The molecule has 1 atom stereocenters. The van der Waals surface area contributed by atoms with Gasteiger partial charge in [0.25, 0.3) is 0 Å². The first kappa shape index (κ1) is 75.0. The molecule has 6 nitrogen and oxygen atoms in total. The summed E-state index contributed by atoms with van der Waals surface area (Å²) < 4.78 is 16.8. The molecule has 450 valence electrons. The minimum absolute atomic E-state index is 0.107. The number of rotatable bonds is 57. The molecule has 0 aliphatic carbocycles. The Kier molecular flexibility index (Phi) is 62.4. The van der Waals surface area contributed by atoms with Gasteiger partial charge in [0.2, 0.25) is 0 Å². The standard InChI is InChI=1S/C74H118O6/c1-4-7-10-13-16-19-22-25-27-29-30-31-32-33-34-35-36-37-38-39-40-41-42-43-44-45-47-49-52-55-58-61-64-67-73(76)79-70-71(69-78-72(75)66-63-60-57-54-51-48-24-21-18-15-12-9-6-3)80-74(77)68-65-62-59-56-53-50-46-28-26-23-20-17-14-11-8-5-2/h7,10,16,19-21,23-25,27-28,30-31,33-34,36-37,39-40,42-43,45-47,52,55,71H,4-6,8-9,11-15,17-18,22,26,29,32,35,38,41,44,48-51,53-54,56-70H2,1-3H3/b10-7-,19-16-,23-20-,24-21-,27-25-,31-30-,34-33-,37-36-,40-39-,43-42-,46-28-,47-45-,55-52-. The van der Waals surface area contributed by atoms with Crippen LogP contribution in [0.15, 0.2) is 158 Å². The van der Waals surface area contributed by atoms with Crippen molar-refractivity contribution < 1.29 is 28.6 Å². The zero-order valence-electron chi connectivity index (χ0n) is 51.5. The van der Waals surface area contributed by atoms with Gasteiger partial charge >= 0.3 is 17.9 Å². The highest BCUT2D eigenvalue weighted by atomic mass is 16.6. The minimum Gasteiger partial charge on any atom is -0.462 e. The van der Waals surface area contributed by atoms with Crippen LogP contribution in [0, 0.1) is 0 Å². The monoisotopic (exact) mass is 1100 g/mol. The molecule has 0 saturated carbocycles. The molecule has 0 aromatic carbocycles. The van der Waals surface area contributed by atoms with E-state index in [2.05, 4.69) is 179 Å². The van der Waals surface area contributed by atoms with Gasteiger partial charge in [-0.1, -0.05) is 256 Å². The predicted molar refractivity (Wildman–Crippen MR) is 348 cm³/mol. The zero-order chi connectivity index (χ0) is 57.8. The number of unbranched alkanes of at least 4 members (excludes halogenated alkanes) is 20. The van der Waals surface area contributed by atoms with E-state index in [9.17, 15) is 14.4 Å². The first-order chi connectivity index (χ1) is 39.5. The van der Waals surface area contributed by atoms with Gasteiger partial charge in [0.1, 0.15) is 13.2 Å². The minimum atomic E-state index is -0.814. The fourth-order valence-corrected chi connectivity index (χ4v) is 8.38. The lowest BCUT2D eigenvalue weighted by atomic mass is 10.1. The Hall–Kier alpha value is -4.97. The normalized spacial score (nSPS) is 13.2. The topological polar surface area (TPSA) is 78.9 Å². The van der Waals surface area contributed by atoms with Gasteiger partial charge in [0, 0.05) is 19.3 Å². The van der Waals surface area contributed by atoms with Gasteiger partial charge in [-0.25, -0.2) is 0 Å². The van der Waals surface area contributed by atoms with Crippen molar-refractivity contribution in [2.75, 3.05) is 13.2 Å². The van der Waals surface area contributed by atoms with E-state index in [0.29, 0.717) is 25.7 Å². The van der Waals surface area contributed by atoms with Crippen LogP contribution in [0.25, 0.3) is 0 Å². The molecule has 0 saturated heterocycles. The molecule has 0 fully saturated rings. The van der Waals surface area contributed by atoms with Crippen LogP contribution in [-0.2, 0) is 28.6 Å². The maximum absolute atomic E-state index is 12.9. The van der Waals surface area contributed by atoms with Gasteiger partial charge < -0.3 is 14.2 Å². The van der Waals surface area contributed by atoms with Gasteiger partial charge in [-0.15, -0.1) is 0 Å². The SMILES string of the molecule is CC/C=C\C/C=C\C/C=C\C/C=C\C/C=C\C/C=C\C/C=C\C/C=C\C/C=C\C/C=C\CCCCC(=O)OCC(COC(=O)CCCCCCC/C=C\CCCCCC)OC(=O)CCCCCCC/C=C\C/C=C\CCCCCC. The second kappa shape index (κ2) is 66.5. The number of carbonyl (C=O) groups is 3. The number of esters is 3. The molecule has 1 unspecified atom stereocenters. The third-order valence-electron chi connectivity index (χ3n) is 13.2. The number of hydrogen-bond donors (Lipinski definition) is 0. The van der Waals surface area contributed by atoms with Crippen LogP contribution in [0.1, 0.15) is 271 Å². The summed E-state index contributed by atoms with van der Waals surface area (Å²) in [6, 6.07) is 0. The van der Waals surface area contributed by atoms with E-state index in [-0.39, 0.29) is 31.1 Å². The lowest BCUT2D eigenvalue weighted by Crippen LogP contribution is -2.30. The average molecular weight is 1100 g/mol. The van der Waals surface area contributed by atoms with Crippen LogP contribution in [0.2, 0.25) is 0 Å². The maximum atomic E-state index is 12.9. The van der Waals surface area contributed by atoms with E-state index in [4.69, 9.17) is 14.2 Å². The maximum Gasteiger partial charge on any atom is 0.306 e. The molecule has 0 N–H and O–H groups in total. The molecular weight excluding hydrogens is 985 g/mol. The summed E-state index contributed by atoms with van der Waals surface area (Å²) in [5.41, 5.74) is 0. The third-order valence-corrected chi connectivity index (χ3v) is 13.2. The van der Waals surface area contributed by atoms with E-state index in [1.807, 2.05) is 0 Å². The van der Waals surface area contributed by atoms with E-state index in [1.54, 1.807) is 0 Å². The van der Waals surface area contributed by atoms with E-state index in [0.717, 1.165) is 154 Å². The molecule has 0 radical (unpaired) electrons. The van der Waals surface area contributed by atoms with Crippen molar-refractivity contribution in [1.29, 1.82) is 0 Å². The van der Waals surface area contributed by atoms with Gasteiger partial charge in [-0.3, -0.25) is 14.4 Å². The second-order valence-electron chi connectivity index (χ2n) is 20.9. The van der Waals surface area contributed by atoms with Gasteiger partial charge in [0.15, 0.2) is 6.10 Å². The lowest BCUT2D eigenvalue weighted by Gasteiger charge is -2.18. The molecule has 0 aromatic heterocycles. The number of ether oxygens (including phenoxy) is 3. The highest BCUT2D eigenvalue weighted by Crippen LogP contribution is 2.13. The molecule has 0 heterocycles. The molecular formula is C74H118O6. The summed E-state index contributed by atoms with van der Waals surface area (Å²) in [4.78, 5) is 38.2. The van der Waals surface area contributed by atoms with Crippen molar-refractivity contribution in [3.63, 3.8) is 0 Å². The Morgan fingerprint density at radius 3 is 0.800 bits per heavy atom. The number of carbonyl (C=O) groups excluding carboxylic acids is 3. The molecule has 0 aliphatic rings. The van der Waals surface area contributed by atoms with E-state index in [1.165, 1.54) is 70.6 Å². The lowest BCUT2D eigenvalue weighted by molar-refractivity contribution is -0.167. The largest absolute Gasteiger partial charge is 0.462 e. The summed E-state index contributed by atoms with van der Waals surface area (Å²) in [6.45, 7) is 6.43. The number of hydrogen-bond acceptors (Lipinski definition) is 6. The summed E-state index contributed by atoms with van der Waals surface area (Å²) in [6.07, 6.45) is 96.8. The van der Waals surface area contributed by atoms with Crippen LogP contribution >= 0.6 is 0 Å². The van der Waals surface area contributed by atoms with Gasteiger partial charge in [-0.05, 0) is 154 Å². The third kappa shape index (κ3) is 63.9. The van der Waals surface area contributed by atoms with Crippen LogP contribution in [0.3, 0.4) is 0 Å².